The molecule has 5 rings (SSSR count). The van der Waals surface area contributed by atoms with E-state index in [2.05, 4.69) is 17.4 Å². The number of carbonyl (C=O) groups excluding carboxylic acids is 2. The van der Waals surface area contributed by atoms with Crippen molar-refractivity contribution in [3.63, 3.8) is 0 Å². The second-order valence-corrected chi connectivity index (χ2v) is 9.52. The summed E-state index contributed by atoms with van der Waals surface area (Å²) in [6, 6.07) is 17.9. The minimum Gasteiger partial charge on any atom is -0.497 e. The van der Waals surface area contributed by atoms with Crippen LogP contribution in [0, 0.1) is 0 Å². The SMILES string of the molecule is COc1cccc([C@H]2C(C(=O)OC3CCCC3)=C(C)NC3=C2C(=O)C[C@H](c2ccccc2)C3)c1. The summed E-state index contributed by atoms with van der Waals surface area (Å²) in [4.78, 5) is 27.2. The van der Waals surface area contributed by atoms with Gasteiger partial charge in [-0.15, -0.1) is 0 Å². The maximum atomic E-state index is 13.7. The predicted molar refractivity (Wildman–Crippen MR) is 130 cm³/mol. The van der Waals surface area contributed by atoms with Gasteiger partial charge >= 0.3 is 5.97 Å². The third-order valence-corrected chi connectivity index (χ3v) is 7.32. The van der Waals surface area contributed by atoms with E-state index < -0.39 is 5.92 Å². The lowest BCUT2D eigenvalue weighted by Crippen LogP contribution is -2.36. The van der Waals surface area contributed by atoms with E-state index >= 15 is 0 Å². The Hall–Kier alpha value is -3.34. The summed E-state index contributed by atoms with van der Waals surface area (Å²) >= 11 is 0. The predicted octanol–water partition coefficient (Wildman–Crippen LogP) is 5.54. The largest absolute Gasteiger partial charge is 0.497 e. The summed E-state index contributed by atoms with van der Waals surface area (Å²) in [5.41, 5.74) is 4.92. The molecule has 3 aliphatic rings. The maximum Gasteiger partial charge on any atom is 0.337 e. The number of hydrogen-bond donors (Lipinski definition) is 1. The molecule has 0 bridgehead atoms. The van der Waals surface area contributed by atoms with Crippen molar-refractivity contribution in [1.82, 2.24) is 5.32 Å². The Morgan fingerprint density at radius 2 is 1.71 bits per heavy atom. The molecule has 2 aliphatic carbocycles. The zero-order valence-electron chi connectivity index (χ0n) is 19.8. The first-order chi connectivity index (χ1) is 16.5. The number of allylic oxidation sites excluding steroid dienone is 3. The van der Waals surface area contributed by atoms with E-state index in [0.717, 1.165) is 54.6 Å². The fourth-order valence-electron chi connectivity index (χ4n) is 5.65. The van der Waals surface area contributed by atoms with Gasteiger partial charge in [-0.25, -0.2) is 4.79 Å². The van der Waals surface area contributed by atoms with E-state index in [1.165, 1.54) is 0 Å². The van der Waals surface area contributed by atoms with Crippen LogP contribution in [0.25, 0.3) is 0 Å². The normalized spacial score (nSPS) is 22.9. The summed E-state index contributed by atoms with van der Waals surface area (Å²) in [6.45, 7) is 1.92. The monoisotopic (exact) mass is 457 g/mol. The quantitative estimate of drug-likeness (QED) is 0.597. The maximum absolute atomic E-state index is 13.7. The molecule has 0 spiro atoms. The number of esters is 1. The van der Waals surface area contributed by atoms with E-state index in [9.17, 15) is 9.59 Å². The Balaban J connectivity index is 1.56. The molecule has 1 heterocycles. The number of nitrogens with one attached hydrogen (secondary N) is 1. The number of benzene rings is 2. The van der Waals surface area contributed by atoms with Crippen LogP contribution in [-0.4, -0.2) is 25.0 Å². The van der Waals surface area contributed by atoms with Crippen LogP contribution in [0.5, 0.6) is 5.75 Å². The average molecular weight is 458 g/mol. The van der Waals surface area contributed by atoms with Crippen molar-refractivity contribution in [1.29, 1.82) is 0 Å². The van der Waals surface area contributed by atoms with Gasteiger partial charge < -0.3 is 14.8 Å². The Morgan fingerprint density at radius 1 is 0.971 bits per heavy atom. The molecule has 2 atom stereocenters. The lowest BCUT2D eigenvalue weighted by molar-refractivity contribution is -0.144. The number of hydrogen-bond acceptors (Lipinski definition) is 5. The highest BCUT2D eigenvalue weighted by atomic mass is 16.5. The standard InChI is InChI=1S/C29H31NO4/c1-18-26(29(32)34-22-12-6-7-13-22)27(20-11-8-14-23(15-20)33-2)28-24(30-18)16-21(17-25(28)31)19-9-4-3-5-10-19/h3-5,8-11,14-15,21-22,27,30H,6-7,12-13,16-17H2,1-2H3/t21-,27+/m1/s1. The number of carbonyl (C=O) groups is 2. The van der Waals surface area contributed by atoms with Crippen LogP contribution in [0.15, 0.2) is 77.1 Å². The number of methoxy groups -OCH3 is 1. The Bertz CT molecular complexity index is 1160. The minimum absolute atomic E-state index is 0.0429. The fraction of sp³-hybridized carbons (Fsp3) is 0.379. The average Bonchev–Trinajstić information content (AvgIpc) is 3.36. The molecular formula is C29H31NO4. The molecule has 0 amide bonds. The summed E-state index contributed by atoms with van der Waals surface area (Å²) < 4.78 is 11.4. The zero-order valence-corrected chi connectivity index (χ0v) is 19.8. The van der Waals surface area contributed by atoms with E-state index in [0.29, 0.717) is 23.3 Å². The van der Waals surface area contributed by atoms with Crippen LogP contribution in [0.3, 0.4) is 0 Å². The van der Waals surface area contributed by atoms with Crippen LogP contribution in [0.4, 0.5) is 0 Å². The van der Waals surface area contributed by atoms with Crippen LogP contribution in [-0.2, 0) is 14.3 Å². The molecular weight excluding hydrogens is 426 g/mol. The molecule has 5 nitrogen and oxygen atoms in total. The van der Waals surface area contributed by atoms with Gasteiger partial charge in [0.25, 0.3) is 0 Å². The van der Waals surface area contributed by atoms with E-state index in [-0.39, 0.29) is 23.8 Å². The Morgan fingerprint density at radius 3 is 2.44 bits per heavy atom. The summed E-state index contributed by atoms with van der Waals surface area (Å²) in [6.07, 6.45) is 5.09. The third-order valence-electron chi connectivity index (χ3n) is 7.32. The Kier molecular flexibility index (Phi) is 6.27. The Labute approximate surface area is 200 Å². The van der Waals surface area contributed by atoms with Gasteiger partial charge in [-0.3, -0.25) is 4.79 Å². The van der Waals surface area contributed by atoms with Gasteiger partial charge in [-0.1, -0.05) is 42.5 Å². The topological polar surface area (TPSA) is 64.6 Å². The molecule has 0 saturated heterocycles. The number of dihydropyridines is 1. The highest BCUT2D eigenvalue weighted by molar-refractivity contribution is 6.04. The van der Waals surface area contributed by atoms with Crippen molar-refractivity contribution in [2.75, 3.05) is 7.11 Å². The lowest BCUT2D eigenvalue weighted by Gasteiger charge is -2.37. The number of ketones is 1. The van der Waals surface area contributed by atoms with Gasteiger partial charge in [0.1, 0.15) is 11.9 Å². The van der Waals surface area contributed by atoms with Crippen molar-refractivity contribution in [3.8, 4) is 5.75 Å². The highest BCUT2D eigenvalue weighted by Gasteiger charge is 2.42. The van der Waals surface area contributed by atoms with Crippen molar-refractivity contribution in [3.05, 3.63) is 88.3 Å². The molecule has 0 unspecified atom stereocenters. The molecule has 0 radical (unpaired) electrons. The molecule has 1 saturated carbocycles. The van der Waals surface area contributed by atoms with E-state index in [4.69, 9.17) is 9.47 Å². The number of Topliss-reactive ketones (excluding diaryl/α,β-unsaturated/α-hetero) is 1. The van der Waals surface area contributed by atoms with Crippen molar-refractivity contribution >= 4 is 11.8 Å². The number of rotatable bonds is 5. The summed E-state index contributed by atoms with van der Waals surface area (Å²) in [5, 5.41) is 3.44. The van der Waals surface area contributed by atoms with Gasteiger partial charge in [-0.2, -0.15) is 0 Å². The van der Waals surface area contributed by atoms with Crippen LogP contribution >= 0.6 is 0 Å². The van der Waals surface area contributed by atoms with Crippen LogP contribution < -0.4 is 10.1 Å². The molecule has 5 heteroatoms. The van der Waals surface area contributed by atoms with Gasteiger partial charge in [0.15, 0.2) is 5.78 Å². The summed E-state index contributed by atoms with van der Waals surface area (Å²) in [7, 11) is 1.62. The molecule has 1 N–H and O–H groups in total. The highest BCUT2D eigenvalue weighted by Crippen LogP contribution is 2.46. The minimum atomic E-state index is -0.468. The van der Waals surface area contributed by atoms with E-state index in [1.54, 1.807) is 7.11 Å². The molecule has 0 aromatic heterocycles. The second-order valence-electron chi connectivity index (χ2n) is 9.52. The third kappa shape index (κ3) is 4.27. The first-order valence-corrected chi connectivity index (χ1v) is 12.2. The second kappa shape index (κ2) is 9.49. The van der Waals surface area contributed by atoms with Gasteiger partial charge in [-0.05, 0) is 68.2 Å². The first-order valence-electron chi connectivity index (χ1n) is 12.2. The van der Waals surface area contributed by atoms with Crippen LogP contribution in [0.1, 0.15) is 68.4 Å². The molecule has 1 fully saturated rings. The molecule has 176 valence electrons. The zero-order chi connectivity index (χ0) is 23.7. The van der Waals surface area contributed by atoms with E-state index in [1.807, 2.05) is 49.4 Å². The van der Waals surface area contributed by atoms with Gasteiger partial charge in [0.2, 0.25) is 0 Å². The van der Waals surface area contributed by atoms with Crippen molar-refractivity contribution in [2.45, 2.75) is 63.4 Å². The molecule has 2 aromatic carbocycles. The molecule has 1 aliphatic heterocycles. The fourth-order valence-corrected chi connectivity index (χ4v) is 5.65. The van der Waals surface area contributed by atoms with Gasteiger partial charge in [0.05, 0.1) is 12.7 Å². The van der Waals surface area contributed by atoms with Gasteiger partial charge in [0, 0.05) is 29.3 Å². The summed E-state index contributed by atoms with van der Waals surface area (Å²) in [5.74, 6) is 0.100. The van der Waals surface area contributed by atoms with Crippen LogP contribution in [0.2, 0.25) is 0 Å². The molecule has 2 aromatic rings. The first kappa shape index (κ1) is 22.5. The lowest BCUT2D eigenvalue weighted by atomic mass is 9.71. The van der Waals surface area contributed by atoms with Crippen molar-refractivity contribution < 1.29 is 19.1 Å². The molecule has 34 heavy (non-hydrogen) atoms. The number of ether oxygens (including phenoxy) is 2. The smallest absolute Gasteiger partial charge is 0.337 e. The van der Waals surface area contributed by atoms with Crippen molar-refractivity contribution in [2.24, 2.45) is 0 Å².